The third kappa shape index (κ3) is 7.28. The minimum Gasteiger partial charge on any atom is -0.353 e. The summed E-state index contributed by atoms with van der Waals surface area (Å²) in [6, 6.07) is 17.4. The number of nitrogens with zero attached hydrogens (tertiary/aromatic N) is 3. The van der Waals surface area contributed by atoms with Crippen molar-refractivity contribution in [3.63, 3.8) is 0 Å². The number of halogens is 4. The highest BCUT2D eigenvalue weighted by atomic mass is 32.2. The second kappa shape index (κ2) is 11.6. The van der Waals surface area contributed by atoms with E-state index in [0.29, 0.717) is 23.4 Å². The van der Waals surface area contributed by atoms with Crippen LogP contribution in [0.1, 0.15) is 29.5 Å². The summed E-state index contributed by atoms with van der Waals surface area (Å²) in [7, 11) is -8.61. The first-order valence-electron chi connectivity index (χ1n) is 12.1. The standard InChI is InChI=1S/C26H25F4N5O4S2/c1-17(40(31,36)37)15-32-25(34-41(38,39)22-13-9-20(10-14-22)26(28,29)30)35-16-23(18-5-3-2-4-6-18)24(33-35)19-7-11-21(27)12-8-19/h2-14,17,23H,15-16H2,1H3,(H,32,34)(H2,31,36,37)/t17-,23+/m0/s1. The van der Waals surface area contributed by atoms with Crippen molar-refractivity contribution in [2.45, 2.75) is 29.2 Å². The van der Waals surface area contributed by atoms with E-state index in [-0.39, 0.29) is 19.0 Å². The van der Waals surface area contributed by atoms with E-state index < -0.39 is 53.7 Å². The van der Waals surface area contributed by atoms with Crippen molar-refractivity contribution in [1.29, 1.82) is 0 Å². The largest absolute Gasteiger partial charge is 0.416 e. The van der Waals surface area contributed by atoms with Gasteiger partial charge in [-0.25, -0.2) is 23.0 Å². The smallest absolute Gasteiger partial charge is 0.353 e. The lowest BCUT2D eigenvalue weighted by atomic mass is 9.91. The summed E-state index contributed by atoms with van der Waals surface area (Å²) in [5.74, 6) is -1.28. The molecule has 0 aromatic heterocycles. The van der Waals surface area contributed by atoms with Gasteiger partial charge in [-0.2, -0.15) is 26.7 Å². The van der Waals surface area contributed by atoms with Gasteiger partial charge in [0.05, 0.1) is 28.0 Å². The second-order valence-corrected chi connectivity index (χ2v) is 12.8. The van der Waals surface area contributed by atoms with E-state index >= 15 is 0 Å². The molecule has 3 aromatic carbocycles. The molecule has 3 aromatic rings. The Bertz CT molecular complexity index is 1660. The zero-order valence-electron chi connectivity index (χ0n) is 21.5. The van der Waals surface area contributed by atoms with Crippen LogP contribution in [0.3, 0.4) is 0 Å². The third-order valence-electron chi connectivity index (χ3n) is 6.30. The number of hydrogen-bond donors (Lipinski definition) is 2. The zero-order valence-corrected chi connectivity index (χ0v) is 23.1. The fourth-order valence-electron chi connectivity index (χ4n) is 3.97. The van der Waals surface area contributed by atoms with Gasteiger partial charge in [-0.15, -0.1) is 4.40 Å². The molecule has 0 bridgehead atoms. The maximum atomic E-state index is 13.6. The molecule has 0 aliphatic carbocycles. The molecule has 0 fully saturated rings. The lowest BCUT2D eigenvalue weighted by molar-refractivity contribution is -0.137. The molecule has 0 saturated carbocycles. The Labute approximate surface area is 234 Å². The maximum absolute atomic E-state index is 13.6. The van der Waals surface area contributed by atoms with Crippen LogP contribution in [0, 0.1) is 5.82 Å². The molecule has 15 heteroatoms. The number of nitrogens with two attached hydrogens (primary N) is 1. The molecule has 2 atom stereocenters. The quantitative estimate of drug-likeness (QED) is 0.238. The van der Waals surface area contributed by atoms with Gasteiger partial charge in [0.15, 0.2) is 0 Å². The fourth-order valence-corrected chi connectivity index (χ4v) is 5.25. The monoisotopic (exact) mass is 611 g/mol. The van der Waals surface area contributed by atoms with Crippen molar-refractivity contribution in [3.05, 3.63) is 101 Å². The van der Waals surface area contributed by atoms with Gasteiger partial charge < -0.3 is 5.32 Å². The topological polar surface area (TPSA) is 134 Å². The molecule has 1 heterocycles. The maximum Gasteiger partial charge on any atom is 0.416 e. The average molecular weight is 612 g/mol. The van der Waals surface area contributed by atoms with Crippen molar-refractivity contribution in [2.24, 2.45) is 14.6 Å². The molecule has 4 rings (SSSR count). The number of rotatable bonds is 7. The molecule has 1 aliphatic rings. The van der Waals surface area contributed by atoms with Gasteiger partial charge in [0.25, 0.3) is 10.0 Å². The van der Waals surface area contributed by atoms with Gasteiger partial charge >= 0.3 is 6.18 Å². The van der Waals surface area contributed by atoms with Crippen LogP contribution in [0.5, 0.6) is 0 Å². The third-order valence-corrected chi connectivity index (χ3v) is 8.86. The van der Waals surface area contributed by atoms with E-state index in [0.717, 1.165) is 17.7 Å². The Hall–Kier alpha value is -3.82. The SMILES string of the molecule is C[C@@H](CN/C(=N\S(=O)(=O)c1ccc(C(F)(F)F)cc1)N1C[C@H](c2ccccc2)C(c2ccc(F)cc2)=N1)S(N)(=O)=O. The van der Waals surface area contributed by atoms with Crippen LogP contribution in [-0.4, -0.2) is 51.9 Å². The van der Waals surface area contributed by atoms with Crippen LogP contribution in [0.15, 0.2) is 93.3 Å². The highest BCUT2D eigenvalue weighted by Gasteiger charge is 2.34. The normalized spacial score (nSPS) is 17.3. The summed E-state index contributed by atoms with van der Waals surface area (Å²) in [4.78, 5) is -0.522. The van der Waals surface area contributed by atoms with E-state index in [1.54, 1.807) is 12.1 Å². The van der Waals surface area contributed by atoms with Gasteiger partial charge in [-0.05, 0) is 54.4 Å². The summed E-state index contributed by atoms with van der Waals surface area (Å²) in [6.07, 6.45) is -4.67. The van der Waals surface area contributed by atoms with E-state index in [9.17, 15) is 34.4 Å². The number of nitrogens with one attached hydrogen (secondary N) is 1. The van der Waals surface area contributed by atoms with Crippen molar-refractivity contribution in [3.8, 4) is 0 Å². The first-order chi connectivity index (χ1) is 19.1. The summed E-state index contributed by atoms with van der Waals surface area (Å²) in [5.41, 5.74) is 0.767. The van der Waals surface area contributed by atoms with Crippen LogP contribution in [-0.2, 0) is 26.2 Å². The molecular formula is C26H25F4N5O4S2. The highest BCUT2D eigenvalue weighted by Crippen LogP contribution is 2.31. The molecule has 1 aliphatic heterocycles. The van der Waals surface area contributed by atoms with Gasteiger partial charge in [-0.3, -0.25) is 0 Å². The predicted molar refractivity (Wildman–Crippen MR) is 145 cm³/mol. The summed E-state index contributed by atoms with van der Waals surface area (Å²) >= 11 is 0. The Balaban J connectivity index is 1.77. The van der Waals surface area contributed by atoms with Crippen molar-refractivity contribution >= 4 is 31.7 Å². The van der Waals surface area contributed by atoms with Crippen LogP contribution in [0.2, 0.25) is 0 Å². The lowest BCUT2D eigenvalue weighted by Gasteiger charge is -2.21. The number of primary sulfonamides is 1. The summed E-state index contributed by atoms with van der Waals surface area (Å²) in [6.45, 7) is 0.997. The Kier molecular flexibility index (Phi) is 8.52. The van der Waals surface area contributed by atoms with Crippen molar-refractivity contribution in [1.82, 2.24) is 10.3 Å². The first-order valence-corrected chi connectivity index (χ1v) is 15.1. The number of sulfonamides is 2. The van der Waals surface area contributed by atoms with E-state index in [4.69, 9.17) is 5.14 Å². The van der Waals surface area contributed by atoms with Gasteiger partial charge in [-0.1, -0.05) is 42.5 Å². The number of alkyl halides is 3. The molecule has 0 spiro atoms. The second-order valence-electron chi connectivity index (χ2n) is 9.23. The highest BCUT2D eigenvalue weighted by molar-refractivity contribution is 7.90. The van der Waals surface area contributed by atoms with Crippen LogP contribution >= 0.6 is 0 Å². The fraction of sp³-hybridized carbons (Fsp3) is 0.231. The Morgan fingerprint density at radius 2 is 1.63 bits per heavy atom. The summed E-state index contributed by atoms with van der Waals surface area (Å²) < 4.78 is 106. The van der Waals surface area contributed by atoms with Crippen LogP contribution in [0.25, 0.3) is 0 Å². The predicted octanol–water partition coefficient (Wildman–Crippen LogP) is 3.66. The number of benzene rings is 3. The molecule has 218 valence electrons. The Morgan fingerprint density at radius 1 is 1.02 bits per heavy atom. The van der Waals surface area contributed by atoms with Crippen LogP contribution in [0.4, 0.5) is 17.6 Å². The van der Waals surface area contributed by atoms with Crippen LogP contribution < -0.4 is 10.5 Å². The molecule has 0 radical (unpaired) electrons. The minimum atomic E-state index is -4.67. The lowest BCUT2D eigenvalue weighted by Crippen LogP contribution is -2.44. The zero-order chi connectivity index (χ0) is 30.0. The van der Waals surface area contributed by atoms with Crippen molar-refractivity contribution < 1.29 is 34.4 Å². The van der Waals surface area contributed by atoms with Gasteiger partial charge in [0.1, 0.15) is 5.82 Å². The molecule has 0 saturated heterocycles. The van der Waals surface area contributed by atoms with Gasteiger partial charge in [0, 0.05) is 12.5 Å². The Morgan fingerprint density at radius 3 is 2.20 bits per heavy atom. The molecule has 0 amide bonds. The summed E-state index contributed by atoms with van der Waals surface area (Å²) in [5, 5.41) is 12.5. The molecule has 0 unspecified atom stereocenters. The molecule has 9 nitrogen and oxygen atoms in total. The number of hydrogen-bond acceptors (Lipinski definition) is 5. The average Bonchev–Trinajstić information content (AvgIpc) is 3.36. The molecular weight excluding hydrogens is 586 g/mol. The van der Waals surface area contributed by atoms with Crippen molar-refractivity contribution in [2.75, 3.05) is 13.1 Å². The van der Waals surface area contributed by atoms with E-state index in [1.165, 1.54) is 36.2 Å². The molecule has 41 heavy (non-hydrogen) atoms. The first kappa shape index (κ1) is 30.1. The van der Waals surface area contributed by atoms with E-state index in [2.05, 4.69) is 14.8 Å². The minimum absolute atomic E-state index is 0.0504. The van der Waals surface area contributed by atoms with Gasteiger partial charge in [0.2, 0.25) is 16.0 Å². The molecule has 3 N–H and O–H groups in total. The number of hydrazone groups is 1. The number of guanidine groups is 1. The van der Waals surface area contributed by atoms with E-state index in [1.807, 2.05) is 18.2 Å².